The molecule has 1 rings (SSSR count). The molecule has 0 radical (unpaired) electrons. The van der Waals surface area contributed by atoms with Crippen molar-refractivity contribution in [2.75, 3.05) is 0 Å². The van der Waals surface area contributed by atoms with Gasteiger partial charge in [-0.1, -0.05) is 57.0 Å². The van der Waals surface area contributed by atoms with Crippen LogP contribution in [0.4, 0.5) is 0 Å². The molecule has 1 atom stereocenters. The predicted molar refractivity (Wildman–Crippen MR) is 77.8 cm³/mol. The number of carbonyl (C=O) groups is 1. The van der Waals surface area contributed by atoms with E-state index >= 15 is 0 Å². The Bertz CT molecular complexity index is 358. The van der Waals surface area contributed by atoms with Crippen LogP contribution in [-0.4, -0.2) is 18.1 Å². The van der Waals surface area contributed by atoms with Crippen molar-refractivity contribution in [2.45, 2.75) is 58.1 Å². The molecule has 0 aliphatic heterocycles. The number of hydrogen-bond acceptors (Lipinski definition) is 3. The van der Waals surface area contributed by atoms with Crippen LogP contribution in [0.5, 0.6) is 0 Å². The molecule has 19 heavy (non-hydrogen) atoms. The van der Waals surface area contributed by atoms with E-state index in [-0.39, 0.29) is 12.1 Å². The quantitative estimate of drug-likeness (QED) is 0.733. The van der Waals surface area contributed by atoms with Gasteiger partial charge in [-0.2, -0.15) is 0 Å². The van der Waals surface area contributed by atoms with Crippen molar-refractivity contribution in [3.8, 4) is 0 Å². The Morgan fingerprint density at radius 2 is 1.74 bits per heavy atom. The minimum absolute atomic E-state index is 0.0179. The number of benzene rings is 1. The minimum Gasteiger partial charge on any atom is -0.461 e. The smallest absolute Gasteiger partial charge is 0.323 e. The first-order valence-electron chi connectivity index (χ1n) is 7.17. The van der Waals surface area contributed by atoms with Crippen LogP contribution in [0.2, 0.25) is 0 Å². The van der Waals surface area contributed by atoms with E-state index in [2.05, 4.69) is 13.8 Å². The number of ether oxygens (including phenoxy) is 1. The van der Waals surface area contributed by atoms with Gasteiger partial charge in [-0.05, 0) is 24.8 Å². The van der Waals surface area contributed by atoms with Crippen LogP contribution >= 0.6 is 0 Å². The molecular formula is C16H25NO2. The van der Waals surface area contributed by atoms with Gasteiger partial charge in [0.15, 0.2) is 0 Å². The van der Waals surface area contributed by atoms with E-state index in [1.54, 1.807) is 0 Å². The SMILES string of the molecule is CCCC(CCC)OC(=O)[C@@H](N)Cc1ccccc1. The average Bonchev–Trinajstić information content (AvgIpc) is 2.40. The molecule has 3 heteroatoms. The molecule has 0 spiro atoms. The molecule has 1 aromatic rings. The van der Waals surface area contributed by atoms with E-state index in [0.29, 0.717) is 6.42 Å². The summed E-state index contributed by atoms with van der Waals surface area (Å²) < 4.78 is 5.50. The number of rotatable bonds is 8. The summed E-state index contributed by atoms with van der Waals surface area (Å²) in [5.74, 6) is -0.282. The van der Waals surface area contributed by atoms with E-state index < -0.39 is 6.04 Å². The molecular weight excluding hydrogens is 238 g/mol. The van der Waals surface area contributed by atoms with E-state index in [1.165, 1.54) is 0 Å². The number of hydrogen-bond donors (Lipinski definition) is 1. The van der Waals surface area contributed by atoms with Gasteiger partial charge in [-0.3, -0.25) is 4.79 Å². The van der Waals surface area contributed by atoms with Crippen LogP contribution in [0.25, 0.3) is 0 Å². The number of esters is 1. The average molecular weight is 263 g/mol. The third-order valence-corrected chi connectivity index (χ3v) is 3.11. The fourth-order valence-corrected chi connectivity index (χ4v) is 2.11. The summed E-state index contributed by atoms with van der Waals surface area (Å²) in [5.41, 5.74) is 6.98. The molecule has 0 aliphatic carbocycles. The Balaban J connectivity index is 2.47. The molecule has 0 saturated carbocycles. The van der Waals surface area contributed by atoms with Gasteiger partial charge in [0.1, 0.15) is 12.1 Å². The Morgan fingerprint density at radius 1 is 1.16 bits per heavy atom. The highest BCUT2D eigenvalue weighted by Crippen LogP contribution is 2.11. The second-order valence-electron chi connectivity index (χ2n) is 4.93. The molecule has 0 aromatic heterocycles. The van der Waals surface area contributed by atoms with Crippen molar-refractivity contribution in [1.29, 1.82) is 0 Å². The van der Waals surface area contributed by atoms with Crippen molar-refractivity contribution < 1.29 is 9.53 Å². The molecule has 0 fully saturated rings. The summed E-state index contributed by atoms with van der Waals surface area (Å²) in [6.07, 6.45) is 4.42. The fourth-order valence-electron chi connectivity index (χ4n) is 2.11. The maximum absolute atomic E-state index is 12.0. The summed E-state index contributed by atoms with van der Waals surface area (Å²) >= 11 is 0. The summed E-state index contributed by atoms with van der Waals surface area (Å²) in [4.78, 5) is 12.0. The predicted octanol–water partition coefficient (Wildman–Crippen LogP) is 3.07. The molecule has 106 valence electrons. The van der Waals surface area contributed by atoms with Gasteiger partial charge >= 0.3 is 5.97 Å². The maximum atomic E-state index is 12.0. The lowest BCUT2D eigenvalue weighted by atomic mass is 10.1. The highest BCUT2D eigenvalue weighted by atomic mass is 16.5. The highest BCUT2D eigenvalue weighted by molar-refractivity contribution is 5.76. The standard InChI is InChI=1S/C16H25NO2/c1-3-8-14(9-4-2)19-16(18)15(17)12-13-10-6-5-7-11-13/h5-7,10-11,14-15H,3-4,8-9,12,17H2,1-2H3/t15-/m0/s1. The van der Waals surface area contributed by atoms with Gasteiger partial charge in [0.25, 0.3) is 0 Å². The van der Waals surface area contributed by atoms with Gasteiger partial charge < -0.3 is 10.5 Å². The summed E-state index contributed by atoms with van der Waals surface area (Å²) in [7, 11) is 0. The summed E-state index contributed by atoms with van der Waals surface area (Å²) in [5, 5.41) is 0. The van der Waals surface area contributed by atoms with Crippen LogP contribution in [0.3, 0.4) is 0 Å². The second kappa shape index (κ2) is 8.70. The molecule has 0 bridgehead atoms. The van der Waals surface area contributed by atoms with Crippen LogP contribution in [-0.2, 0) is 16.0 Å². The normalized spacial score (nSPS) is 12.4. The first-order chi connectivity index (χ1) is 9.17. The van der Waals surface area contributed by atoms with Crippen LogP contribution < -0.4 is 5.73 Å². The Hall–Kier alpha value is -1.35. The number of nitrogens with two attached hydrogens (primary N) is 1. The van der Waals surface area contributed by atoms with Gasteiger partial charge in [0, 0.05) is 0 Å². The summed E-state index contributed by atoms with van der Waals surface area (Å²) in [6.45, 7) is 4.20. The monoisotopic (exact) mass is 263 g/mol. The molecule has 0 amide bonds. The van der Waals surface area contributed by atoms with Gasteiger partial charge in [0.05, 0.1) is 0 Å². The van der Waals surface area contributed by atoms with Gasteiger partial charge in [0.2, 0.25) is 0 Å². The van der Waals surface area contributed by atoms with Crippen LogP contribution in [0, 0.1) is 0 Å². The Morgan fingerprint density at radius 3 is 2.26 bits per heavy atom. The van der Waals surface area contributed by atoms with Crippen molar-refractivity contribution >= 4 is 5.97 Å². The minimum atomic E-state index is -0.571. The molecule has 2 N–H and O–H groups in total. The number of carbonyl (C=O) groups excluding carboxylic acids is 1. The third kappa shape index (κ3) is 5.88. The molecule has 0 saturated heterocycles. The summed E-state index contributed by atoms with van der Waals surface area (Å²) in [6, 6.07) is 9.23. The van der Waals surface area contributed by atoms with E-state index in [1.807, 2.05) is 30.3 Å². The lowest BCUT2D eigenvalue weighted by molar-refractivity contribution is -0.151. The first-order valence-corrected chi connectivity index (χ1v) is 7.17. The van der Waals surface area contributed by atoms with E-state index in [9.17, 15) is 4.79 Å². The lowest BCUT2D eigenvalue weighted by Gasteiger charge is -2.19. The van der Waals surface area contributed by atoms with Gasteiger partial charge in [-0.25, -0.2) is 0 Å². The Kier molecular flexibility index (Phi) is 7.19. The zero-order chi connectivity index (χ0) is 14.1. The Labute approximate surface area is 116 Å². The van der Waals surface area contributed by atoms with Gasteiger partial charge in [-0.15, -0.1) is 0 Å². The van der Waals surface area contributed by atoms with E-state index in [0.717, 1.165) is 31.2 Å². The zero-order valence-electron chi connectivity index (χ0n) is 12.0. The topological polar surface area (TPSA) is 52.3 Å². The van der Waals surface area contributed by atoms with Crippen LogP contribution in [0.15, 0.2) is 30.3 Å². The van der Waals surface area contributed by atoms with Crippen molar-refractivity contribution in [1.82, 2.24) is 0 Å². The largest absolute Gasteiger partial charge is 0.461 e. The highest BCUT2D eigenvalue weighted by Gasteiger charge is 2.19. The van der Waals surface area contributed by atoms with Crippen molar-refractivity contribution in [3.05, 3.63) is 35.9 Å². The molecule has 0 aliphatic rings. The van der Waals surface area contributed by atoms with Crippen molar-refractivity contribution in [3.63, 3.8) is 0 Å². The zero-order valence-corrected chi connectivity index (χ0v) is 12.0. The van der Waals surface area contributed by atoms with E-state index in [4.69, 9.17) is 10.5 Å². The molecule has 1 aromatic carbocycles. The van der Waals surface area contributed by atoms with Crippen molar-refractivity contribution in [2.24, 2.45) is 5.73 Å². The van der Waals surface area contributed by atoms with Crippen LogP contribution in [0.1, 0.15) is 45.1 Å². The third-order valence-electron chi connectivity index (χ3n) is 3.11. The maximum Gasteiger partial charge on any atom is 0.323 e. The second-order valence-corrected chi connectivity index (χ2v) is 4.93. The molecule has 0 heterocycles. The molecule has 0 unspecified atom stereocenters. The lowest BCUT2D eigenvalue weighted by Crippen LogP contribution is -2.36. The fraction of sp³-hybridized carbons (Fsp3) is 0.562. The molecule has 3 nitrogen and oxygen atoms in total. The first kappa shape index (κ1) is 15.7.